The molecule has 0 saturated heterocycles. The van der Waals surface area contributed by atoms with Gasteiger partial charge in [0.05, 0.1) is 26.2 Å². The first-order valence-electron chi connectivity index (χ1n) is 36.5. The van der Waals surface area contributed by atoms with Crippen molar-refractivity contribution in [2.24, 2.45) is 0 Å². The van der Waals surface area contributed by atoms with Crippen molar-refractivity contribution < 1.29 is 95.2 Å². The van der Waals surface area contributed by atoms with Crippen molar-refractivity contribution in [3.05, 3.63) is 297 Å². The predicted octanol–water partition coefficient (Wildman–Crippen LogP) is 15.2. The summed E-state index contributed by atoms with van der Waals surface area (Å²) in [5, 5.41) is 10.5. The second kappa shape index (κ2) is 52.6. The molecule has 0 heterocycles. The molecule has 115 heavy (non-hydrogen) atoms. The van der Waals surface area contributed by atoms with E-state index in [-0.39, 0.29) is 79.0 Å². The molecule has 606 valence electrons. The minimum absolute atomic E-state index is 0.00397. The zero-order chi connectivity index (χ0) is 82.0. The Morgan fingerprint density at radius 3 is 0.835 bits per heavy atom. The van der Waals surface area contributed by atoms with E-state index in [0.717, 1.165) is 66.1 Å². The third kappa shape index (κ3) is 35.9. The Hall–Kier alpha value is -11.7. The molecule has 0 aliphatic rings. The highest BCUT2D eigenvalue weighted by molar-refractivity contribution is 8.03. The summed E-state index contributed by atoms with van der Waals surface area (Å²) in [5.41, 5.74) is 3.33. The van der Waals surface area contributed by atoms with E-state index in [1.165, 1.54) is 47.0 Å². The summed E-state index contributed by atoms with van der Waals surface area (Å²) in [5.74, 6) is -0.391. The number of carbonyl (C=O) groups is 8. The van der Waals surface area contributed by atoms with Crippen molar-refractivity contribution >= 4 is 95.3 Å². The molecular formula is C87H94N4O20S4. The Morgan fingerprint density at radius 2 is 0.591 bits per heavy atom. The number of esters is 4. The minimum atomic E-state index is -0.762. The number of benzene rings is 7. The molecule has 7 aromatic rings. The van der Waals surface area contributed by atoms with Gasteiger partial charge in [0.2, 0.25) is 0 Å². The molecule has 4 amide bonds. The molecular weight excluding hydrogens is 1550 g/mol. The minimum Gasteiger partial charge on any atom is -0.490 e. The molecule has 5 unspecified atom stereocenters. The van der Waals surface area contributed by atoms with E-state index >= 15 is 0 Å². The van der Waals surface area contributed by atoms with Crippen molar-refractivity contribution in [3.63, 3.8) is 0 Å². The van der Waals surface area contributed by atoms with Crippen LogP contribution in [-0.4, -0.2) is 175 Å². The number of hydrogen-bond donors (Lipinski definition) is 4. The van der Waals surface area contributed by atoms with Gasteiger partial charge in [-0.2, -0.15) is 0 Å². The lowest BCUT2D eigenvalue weighted by atomic mass is 9.73. The Bertz CT molecular complexity index is 4140. The molecule has 0 saturated carbocycles. The van der Waals surface area contributed by atoms with E-state index in [0.29, 0.717) is 46.0 Å². The number of allylic oxidation sites excluding steroid dienone is 5. The van der Waals surface area contributed by atoms with Gasteiger partial charge in [-0.1, -0.05) is 160 Å². The lowest BCUT2D eigenvalue weighted by Crippen LogP contribution is -2.35. The van der Waals surface area contributed by atoms with Gasteiger partial charge in [-0.15, -0.1) is 47.0 Å². The normalized spacial score (nSPS) is 12.5. The average Bonchev–Trinajstić information content (AvgIpc) is 0.778. The van der Waals surface area contributed by atoms with E-state index in [4.69, 9.17) is 56.8 Å². The van der Waals surface area contributed by atoms with Crippen molar-refractivity contribution in [2.45, 2.75) is 57.9 Å². The fourth-order valence-electron chi connectivity index (χ4n) is 10.3. The monoisotopic (exact) mass is 1640 g/mol. The number of alkyl carbamates (subject to hydrolysis) is 4. The first kappa shape index (κ1) is 90.5. The van der Waals surface area contributed by atoms with Crippen LogP contribution in [0.3, 0.4) is 0 Å². The van der Waals surface area contributed by atoms with Crippen LogP contribution < -0.4 is 40.2 Å². The van der Waals surface area contributed by atoms with Crippen LogP contribution >= 0.6 is 47.0 Å². The molecule has 4 N–H and O–H groups in total. The van der Waals surface area contributed by atoms with Gasteiger partial charge >= 0.3 is 48.3 Å². The number of thioether (sulfide) groups is 4. The summed E-state index contributed by atoms with van der Waals surface area (Å²) in [4.78, 5) is 103. The van der Waals surface area contributed by atoms with Gasteiger partial charge in [0.1, 0.15) is 100 Å². The van der Waals surface area contributed by atoms with Crippen LogP contribution in [0.2, 0.25) is 0 Å². The number of ether oxygens (including phenoxy) is 12. The summed E-state index contributed by atoms with van der Waals surface area (Å²) in [6.45, 7) is 18.7. The second-order valence-corrected chi connectivity index (χ2v) is 28.9. The van der Waals surface area contributed by atoms with Crippen LogP contribution in [0, 0.1) is 0 Å². The zero-order valence-corrected chi connectivity index (χ0v) is 66.9. The zero-order valence-electron chi connectivity index (χ0n) is 63.6. The summed E-state index contributed by atoms with van der Waals surface area (Å²) < 4.78 is 69.5. The molecule has 5 atom stereocenters. The maximum atomic E-state index is 13.2. The molecule has 0 aliphatic heterocycles. The first-order valence-corrected chi connectivity index (χ1v) is 40.4. The van der Waals surface area contributed by atoms with Gasteiger partial charge in [-0.05, 0) is 119 Å². The maximum Gasteiger partial charge on any atom is 0.407 e. The summed E-state index contributed by atoms with van der Waals surface area (Å²) in [7, 11) is 0. The van der Waals surface area contributed by atoms with Gasteiger partial charge in [-0.3, -0.25) is 0 Å². The SMILES string of the molecule is C=C/C=C\C=C(/C)SCC(COc1ccc(C(c2ccc(OCC(CSc3ccccc3)OC(=O)NCCOC(=O)C=C)cc2)C(c2ccc(OCC(CSc3ccccc3)OC(=O)NCCOC(=O)C=C)cc2)c2ccc(OCC(CSc3ccccc3)OC(=O)NCCOC(=O)C=C)cc2)cc1)OC(=O)NCCOC(=O)C=C. The van der Waals surface area contributed by atoms with Crippen molar-refractivity contribution in [3.8, 4) is 23.0 Å². The standard InChI is InChI=1S/C87H94N4O20S4/c1-7-12-16-23-62(6)112-58-71(108-84(96)88-46-50-100-78(92)8-2)54-104-67-38-30-63(31-39-67)82(64-32-40-68(41-33-64)105-55-72(59-113-75-24-17-13-18-25-75)109-85(97)89-47-51-101-79(93)9-3)83(65-34-42-69(43-35-65)106-56-73(60-114-76-26-19-14-20-27-76)110-86(98)90-48-52-102-80(94)10-4)66-36-44-70(45-37-66)107-57-74(61-115-77-28-21-15-22-29-77)111-87(99)91-49-53-103-81(95)11-5/h7-45,71-74,82-83H,1-5,46-61H2,6H3,(H,88,96)(H,89,97)(H,90,98)(H,91,99)/b16-12-,62-23+. The number of nitrogens with one attached hydrogen (secondary N) is 4. The molecule has 7 rings (SSSR count). The van der Waals surface area contributed by atoms with Gasteiger partial charge in [0.25, 0.3) is 0 Å². The average molecular weight is 1640 g/mol. The second-order valence-electron chi connectivity index (χ2n) is 24.4. The molecule has 0 spiro atoms. The maximum absolute atomic E-state index is 13.2. The lowest BCUT2D eigenvalue weighted by Gasteiger charge is -2.30. The Kier molecular flexibility index (Phi) is 41.4. The molecule has 24 nitrogen and oxygen atoms in total. The van der Waals surface area contributed by atoms with Crippen LogP contribution in [0.1, 0.15) is 41.0 Å². The van der Waals surface area contributed by atoms with Crippen LogP contribution in [0.5, 0.6) is 23.0 Å². The van der Waals surface area contributed by atoms with Gasteiger partial charge in [-0.25, -0.2) is 38.4 Å². The number of hydrogen-bond acceptors (Lipinski definition) is 24. The number of carbonyl (C=O) groups excluding carboxylic acids is 8. The molecule has 0 fully saturated rings. The Labute approximate surface area is 687 Å². The summed E-state index contributed by atoms with van der Waals surface area (Å²) >= 11 is 5.91. The largest absolute Gasteiger partial charge is 0.490 e. The van der Waals surface area contributed by atoms with E-state index in [2.05, 4.69) is 54.2 Å². The first-order chi connectivity index (χ1) is 56.0. The van der Waals surface area contributed by atoms with Crippen LogP contribution in [0.4, 0.5) is 19.2 Å². The van der Waals surface area contributed by atoms with E-state index in [9.17, 15) is 38.4 Å². The van der Waals surface area contributed by atoms with E-state index in [1.807, 2.05) is 207 Å². The lowest BCUT2D eigenvalue weighted by molar-refractivity contribution is -0.138. The van der Waals surface area contributed by atoms with E-state index in [1.54, 1.807) is 12.2 Å². The fraction of sp³-hybridized carbons (Fsp3) is 0.264. The molecule has 7 aromatic carbocycles. The molecule has 0 radical (unpaired) electrons. The van der Waals surface area contributed by atoms with Crippen molar-refractivity contribution in [1.29, 1.82) is 0 Å². The Balaban J connectivity index is 1.25. The van der Waals surface area contributed by atoms with Crippen LogP contribution in [-0.2, 0) is 57.1 Å². The molecule has 0 aromatic heterocycles. The quantitative estimate of drug-likeness (QED) is 0.00688. The Morgan fingerprint density at radius 1 is 0.339 bits per heavy atom. The topological polar surface area (TPSA) is 295 Å². The summed E-state index contributed by atoms with van der Waals surface area (Å²) in [6.07, 6.45) is 5.39. The smallest absolute Gasteiger partial charge is 0.407 e. The highest BCUT2D eigenvalue weighted by Crippen LogP contribution is 2.45. The highest BCUT2D eigenvalue weighted by Gasteiger charge is 2.30. The van der Waals surface area contributed by atoms with Crippen molar-refractivity contribution in [2.75, 3.05) is 102 Å². The van der Waals surface area contributed by atoms with Gasteiger partial charge < -0.3 is 78.1 Å². The van der Waals surface area contributed by atoms with Crippen LogP contribution in [0.25, 0.3) is 0 Å². The molecule has 28 heteroatoms. The third-order valence-corrected chi connectivity index (χ3v) is 20.4. The van der Waals surface area contributed by atoms with Crippen LogP contribution in [0.15, 0.2) is 289 Å². The van der Waals surface area contributed by atoms with Crippen molar-refractivity contribution in [1.82, 2.24) is 21.3 Å². The van der Waals surface area contributed by atoms with Gasteiger partial charge in [0.15, 0.2) is 0 Å². The molecule has 0 bridgehead atoms. The molecule has 0 aliphatic carbocycles. The van der Waals surface area contributed by atoms with E-state index < -0.39 is 84.5 Å². The third-order valence-electron chi connectivity index (χ3n) is 15.9. The highest BCUT2D eigenvalue weighted by atomic mass is 32.2. The number of amides is 4. The fourth-order valence-corrected chi connectivity index (χ4v) is 13.8. The summed E-state index contributed by atoms with van der Waals surface area (Å²) in [6, 6.07) is 59.3. The number of rotatable bonds is 51. The van der Waals surface area contributed by atoms with Gasteiger partial charge in [0, 0.05) is 73.8 Å². The predicted molar refractivity (Wildman–Crippen MR) is 446 cm³/mol.